The Labute approximate surface area is 138 Å². The molecule has 2 aromatic carbocycles. The van der Waals surface area contributed by atoms with E-state index in [0.717, 1.165) is 5.56 Å². The average Bonchev–Trinajstić information content (AvgIpc) is 2.54. The van der Waals surface area contributed by atoms with E-state index in [1.54, 1.807) is 43.3 Å². The van der Waals surface area contributed by atoms with Gasteiger partial charge in [-0.05, 0) is 36.8 Å². The second-order valence-corrected chi connectivity index (χ2v) is 5.43. The Morgan fingerprint density at radius 3 is 2.43 bits per heavy atom. The first kappa shape index (κ1) is 17.0. The molecule has 0 spiro atoms. The van der Waals surface area contributed by atoms with Crippen LogP contribution >= 0.6 is 11.6 Å². The molecule has 0 fully saturated rings. The van der Waals surface area contributed by atoms with Crippen LogP contribution in [-0.2, 0) is 11.3 Å². The Morgan fingerprint density at radius 1 is 1.13 bits per heavy atom. The molecule has 2 rings (SSSR count). The van der Waals surface area contributed by atoms with Gasteiger partial charge in [0, 0.05) is 6.54 Å². The van der Waals surface area contributed by atoms with E-state index in [1.807, 2.05) is 0 Å². The van der Waals surface area contributed by atoms with Crippen molar-refractivity contribution >= 4 is 23.4 Å². The Hall–Kier alpha value is -2.40. The lowest BCUT2D eigenvalue weighted by atomic mass is 10.2. The lowest BCUT2D eigenvalue weighted by molar-refractivity contribution is -0.122. The van der Waals surface area contributed by atoms with Crippen LogP contribution in [-0.4, -0.2) is 17.9 Å². The second kappa shape index (κ2) is 7.74. The van der Waals surface area contributed by atoms with Crippen molar-refractivity contribution in [2.75, 3.05) is 0 Å². The third-order valence-electron chi connectivity index (χ3n) is 3.24. The summed E-state index contributed by atoms with van der Waals surface area (Å²) < 4.78 is 12.8. The van der Waals surface area contributed by atoms with Gasteiger partial charge >= 0.3 is 0 Å². The number of benzene rings is 2. The van der Waals surface area contributed by atoms with E-state index >= 15 is 0 Å². The monoisotopic (exact) mass is 334 g/mol. The Morgan fingerprint density at radius 2 is 1.78 bits per heavy atom. The average molecular weight is 335 g/mol. The molecule has 0 saturated carbocycles. The summed E-state index contributed by atoms with van der Waals surface area (Å²) in [7, 11) is 0. The van der Waals surface area contributed by atoms with Gasteiger partial charge in [0.2, 0.25) is 5.91 Å². The SMILES string of the molecule is C[C@H](NC(=O)c1ccccc1Cl)C(=O)NCc1ccc(F)cc1. The summed E-state index contributed by atoms with van der Waals surface area (Å²) in [5.41, 5.74) is 1.08. The minimum Gasteiger partial charge on any atom is -0.350 e. The molecule has 120 valence electrons. The van der Waals surface area contributed by atoms with Crippen LogP contribution in [0.4, 0.5) is 4.39 Å². The molecule has 4 nitrogen and oxygen atoms in total. The summed E-state index contributed by atoms with van der Waals surface area (Å²) in [4.78, 5) is 24.1. The predicted octanol–water partition coefficient (Wildman–Crippen LogP) is 2.91. The number of halogens is 2. The minimum absolute atomic E-state index is 0.255. The van der Waals surface area contributed by atoms with Crippen molar-refractivity contribution in [3.8, 4) is 0 Å². The van der Waals surface area contributed by atoms with Gasteiger partial charge in [0.25, 0.3) is 5.91 Å². The maximum atomic E-state index is 12.8. The van der Waals surface area contributed by atoms with Crippen molar-refractivity contribution in [3.63, 3.8) is 0 Å². The van der Waals surface area contributed by atoms with Crippen LogP contribution in [0.15, 0.2) is 48.5 Å². The van der Waals surface area contributed by atoms with Crippen molar-refractivity contribution in [1.29, 1.82) is 0 Å². The third-order valence-corrected chi connectivity index (χ3v) is 3.57. The van der Waals surface area contributed by atoms with Crippen LogP contribution < -0.4 is 10.6 Å². The minimum atomic E-state index is -0.723. The van der Waals surface area contributed by atoms with Crippen molar-refractivity contribution in [2.24, 2.45) is 0 Å². The molecule has 2 aromatic rings. The van der Waals surface area contributed by atoms with Crippen LogP contribution in [0.1, 0.15) is 22.8 Å². The Kier molecular flexibility index (Phi) is 5.71. The molecule has 0 aliphatic rings. The highest BCUT2D eigenvalue weighted by Crippen LogP contribution is 2.14. The van der Waals surface area contributed by atoms with Crippen molar-refractivity contribution < 1.29 is 14.0 Å². The quantitative estimate of drug-likeness (QED) is 0.883. The van der Waals surface area contributed by atoms with Crippen LogP contribution in [0, 0.1) is 5.82 Å². The number of hydrogen-bond donors (Lipinski definition) is 2. The van der Waals surface area contributed by atoms with Gasteiger partial charge in [0.15, 0.2) is 0 Å². The molecule has 0 unspecified atom stereocenters. The van der Waals surface area contributed by atoms with Gasteiger partial charge in [-0.2, -0.15) is 0 Å². The van der Waals surface area contributed by atoms with Crippen LogP contribution in [0.3, 0.4) is 0 Å². The van der Waals surface area contributed by atoms with E-state index in [0.29, 0.717) is 10.6 Å². The summed E-state index contributed by atoms with van der Waals surface area (Å²) in [6.07, 6.45) is 0. The normalized spacial score (nSPS) is 11.6. The van der Waals surface area contributed by atoms with Crippen molar-refractivity contribution in [2.45, 2.75) is 19.5 Å². The molecule has 0 saturated heterocycles. The van der Waals surface area contributed by atoms with Crippen LogP contribution in [0.25, 0.3) is 0 Å². The molecule has 0 aromatic heterocycles. The zero-order valence-electron chi connectivity index (χ0n) is 12.5. The topological polar surface area (TPSA) is 58.2 Å². The number of amides is 2. The van der Waals surface area contributed by atoms with Gasteiger partial charge in [-0.1, -0.05) is 35.9 Å². The highest BCUT2D eigenvalue weighted by Gasteiger charge is 2.17. The maximum absolute atomic E-state index is 12.8. The number of carbonyl (C=O) groups is 2. The second-order valence-electron chi connectivity index (χ2n) is 5.02. The van der Waals surface area contributed by atoms with E-state index < -0.39 is 11.9 Å². The summed E-state index contributed by atoms with van der Waals surface area (Å²) in [5, 5.41) is 5.59. The van der Waals surface area contributed by atoms with E-state index in [-0.39, 0.29) is 18.3 Å². The highest BCUT2D eigenvalue weighted by molar-refractivity contribution is 6.33. The van der Waals surface area contributed by atoms with Gasteiger partial charge in [-0.3, -0.25) is 9.59 Å². The first-order valence-electron chi connectivity index (χ1n) is 7.05. The zero-order valence-corrected chi connectivity index (χ0v) is 13.2. The van der Waals surface area contributed by atoms with Crippen molar-refractivity contribution in [3.05, 3.63) is 70.5 Å². The number of hydrogen-bond acceptors (Lipinski definition) is 2. The molecule has 0 radical (unpaired) electrons. The molecule has 23 heavy (non-hydrogen) atoms. The molecular formula is C17H16ClFN2O2. The lowest BCUT2D eigenvalue weighted by Gasteiger charge is -2.14. The van der Waals surface area contributed by atoms with Crippen LogP contribution in [0.2, 0.25) is 5.02 Å². The summed E-state index contributed by atoms with van der Waals surface area (Å²) >= 11 is 5.94. The van der Waals surface area contributed by atoms with Gasteiger partial charge in [-0.15, -0.1) is 0 Å². The molecule has 2 N–H and O–H groups in total. The fourth-order valence-corrected chi connectivity index (χ4v) is 2.15. The Balaban J connectivity index is 1.88. The summed E-state index contributed by atoms with van der Waals surface area (Å²) in [5.74, 6) is -1.09. The fraction of sp³-hybridized carbons (Fsp3) is 0.176. The van der Waals surface area contributed by atoms with Gasteiger partial charge in [0.1, 0.15) is 11.9 Å². The van der Waals surface area contributed by atoms with Crippen LogP contribution in [0.5, 0.6) is 0 Å². The maximum Gasteiger partial charge on any atom is 0.253 e. The van der Waals surface area contributed by atoms with Gasteiger partial charge < -0.3 is 10.6 Å². The molecule has 0 bridgehead atoms. The smallest absolute Gasteiger partial charge is 0.253 e. The lowest BCUT2D eigenvalue weighted by Crippen LogP contribution is -2.44. The summed E-state index contributed by atoms with van der Waals surface area (Å²) in [6, 6.07) is 11.7. The van der Waals surface area contributed by atoms with Crippen molar-refractivity contribution in [1.82, 2.24) is 10.6 Å². The molecule has 0 heterocycles. The third kappa shape index (κ3) is 4.79. The van der Waals surface area contributed by atoms with E-state index in [4.69, 9.17) is 11.6 Å². The number of rotatable bonds is 5. The standard InChI is InChI=1S/C17H16ClFN2O2/c1-11(21-17(23)14-4-2-3-5-15(14)18)16(22)20-10-12-6-8-13(19)9-7-12/h2-9,11H,10H2,1H3,(H,20,22)(H,21,23)/t11-/m0/s1. The largest absolute Gasteiger partial charge is 0.350 e. The fourth-order valence-electron chi connectivity index (χ4n) is 1.93. The van der Waals surface area contributed by atoms with Gasteiger partial charge in [-0.25, -0.2) is 4.39 Å². The first-order valence-corrected chi connectivity index (χ1v) is 7.42. The molecule has 1 atom stereocenters. The molecular weight excluding hydrogens is 319 g/mol. The number of carbonyl (C=O) groups excluding carboxylic acids is 2. The molecule has 2 amide bonds. The predicted molar refractivity (Wildman–Crippen MR) is 86.6 cm³/mol. The van der Waals surface area contributed by atoms with E-state index in [1.165, 1.54) is 12.1 Å². The molecule has 0 aliphatic carbocycles. The Bertz CT molecular complexity index is 704. The first-order chi connectivity index (χ1) is 11.0. The van der Waals surface area contributed by atoms with E-state index in [9.17, 15) is 14.0 Å². The van der Waals surface area contributed by atoms with E-state index in [2.05, 4.69) is 10.6 Å². The molecule has 0 aliphatic heterocycles. The molecule has 6 heteroatoms. The zero-order chi connectivity index (χ0) is 16.8. The summed E-state index contributed by atoms with van der Waals surface area (Å²) in [6.45, 7) is 1.83. The van der Waals surface area contributed by atoms with Gasteiger partial charge in [0.05, 0.1) is 10.6 Å². The highest BCUT2D eigenvalue weighted by atomic mass is 35.5. The number of nitrogens with one attached hydrogen (secondary N) is 2.